The van der Waals surface area contributed by atoms with Gasteiger partial charge in [0.1, 0.15) is 5.72 Å². The van der Waals surface area contributed by atoms with Crippen molar-refractivity contribution in [2.45, 2.75) is 38.5 Å². The highest BCUT2D eigenvalue weighted by atomic mass is 16.3. The molecule has 3 rings (SSSR count). The van der Waals surface area contributed by atoms with Crippen LogP contribution in [-0.4, -0.2) is 34.3 Å². The second kappa shape index (κ2) is 4.71. The van der Waals surface area contributed by atoms with Gasteiger partial charge in [-0.05, 0) is 32.2 Å². The highest BCUT2D eigenvalue weighted by Gasteiger charge is 2.49. The fraction of sp³-hybridized carbons (Fsp3) is 0.389. The zero-order valence-electron chi connectivity index (χ0n) is 13.5. The number of carbonyl (C=O) groups is 1. The third kappa shape index (κ3) is 2.15. The first-order valence-corrected chi connectivity index (χ1v) is 7.52. The number of hydrogen-bond acceptors (Lipinski definition) is 2. The molecule has 0 radical (unpaired) electrons. The Morgan fingerprint density at radius 3 is 2.41 bits per heavy atom. The highest BCUT2D eigenvalue weighted by Crippen LogP contribution is 2.40. The molecule has 22 heavy (non-hydrogen) atoms. The SMILES string of the molecule is CN1C(=O)N(c2cccc3ccccc23)[C@@](C)(O)CC1(C)C. The minimum atomic E-state index is -1.22. The Balaban J connectivity index is 2.19. The van der Waals surface area contributed by atoms with Gasteiger partial charge in [0.2, 0.25) is 0 Å². The summed E-state index contributed by atoms with van der Waals surface area (Å²) in [5, 5.41) is 13.0. The Labute approximate surface area is 131 Å². The monoisotopic (exact) mass is 298 g/mol. The van der Waals surface area contributed by atoms with Crippen LogP contribution in [0.3, 0.4) is 0 Å². The molecule has 0 aromatic heterocycles. The number of urea groups is 1. The Kier molecular flexibility index (Phi) is 3.18. The number of aliphatic hydroxyl groups is 1. The lowest BCUT2D eigenvalue weighted by Crippen LogP contribution is -2.67. The molecular formula is C18H22N2O2. The van der Waals surface area contributed by atoms with E-state index in [1.807, 2.05) is 56.3 Å². The number of hydrogen-bond donors (Lipinski definition) is 1. The quantitative estimate of drug-likeness (QED) is 0.874. The molecule has 2 aromatic carbocycles. The van der Waals surface area contributed by atoms with Gasteiger partial charge >= 0.3 is 6.03 Å². The molecule has 0 spiro atoms. The van der Waals surface area contributed by atoms with Crippen LogP contribution in [0, 0.1) is 0 Å². The van der Waals surface area contributed by atoms with Crippen molar-refractivity contribution in [3.8, 4) is 0 Å². The van der Waals surface area contributed by atoms with E-state index in [2.05, 4.69) is 0 Å². The average Bonchev–Trinajstić information content (AvgIpc) is 2.44. The van der Waals surface area contributed by atoms with E-state index in [4.69, 9.17) is 0 Å². The van der Waals surface area contributed by atoms with Crippen LogP contribution in [0.15, 0.2) is 42.5 Å². The van der Waals surface area contributed by atoms with Crippen molar-refractivity contribution in [2.75, 3.05) is 11.9 Å². The van der Waals surface area contributed by atoms with E-state index in [9.17, 15) is 9.90 Å². The van der Waals surface area contributed by atoms with Gasteiger partial charge in [-0.25, -0.2) is 4.79 Å². The fourth-order valence-corrected chi connectivity index (χ4v) is 3.40. The number of anilines is 1. The van der Waals surface area contributed by atoms with Crippen LogP contribution in [0.2, 0.25) is 0 Å². The Hall–Kier alpha value is -2.07. The van der Waals surface area contributed by atoms with E-state index in [0.717, 1.165) is 16.5 Å². The predicted molar refractivity (Wildman–Crippen MR) is 88.9 cm³/mol. The van der Waals surface area contributed by atoms with Gasteiger partial charge in [0.15, 0.2) is 0 Å². The van der Waals surface area contributed by atoms with E-state index in [1.165, 1.54) is 4.90 Å². The third-order valence-electron chi connectivity index (χ3n) is 4.64. The lowest BCUT2D eigenvalue weighted by atomic mass is 9.88. The van der Waals surface area contributed by atoms with E-state index in [1.54, 1.807) is 18.9 Å². The molecule has 1 N–H and O–H groups in total. The van der Waals surface area contributed by atoms with Gasteiger partial charge in [-0.3, -0.25) is 4.90 Å². The van der Waals surface area contributed by atoms with Crippen molar-refractivity contribution in [1.82, 2.24) is 4.90 Å². The van der Waals surface area contributed by atoms with E-state index >= 15 is 0 Å². The summed E-state index contributed by atoms with van der Waals surface area (Å²) < 4.78 is 0. The molecule has 4 nitrogen and oxygen atoms in total. The van der Waals surface area contributed by atoms with Crippen LogP contribution >= 0.6 is 0 Å². The van der Waals surface area contributed by atoms with Crippen LogP contribution in [0.4, 0.5) is 10.5 Å². The largest absolute Gasteiger partial charge is 0.371 e. The number of rotatable bonds is 1. The van der Waals surface area contributed by atoms with Crippen LogP contribution in [-0.2, 0) is 0 Å². The number of fused-ring (bicyclic) bond motifs is 1. The third-order valence-corrected chi connectivity index (χ3v) is 4.64. The van der Waals surface area contributed by atoms with E-state index in [0.29, 0.717) is 6.42 Å². The predicted octanol–water partition coefficient (Wildman–Crippen LogP) is 3.59. The summed E-state index contributed by atoms with van der Waals surface area (Å²) in [6.45, 7) is 5.65. The average molecular weight is 298 g/mol. The van der Waals surface area contributed by atoms with E-state index in [-0.39, 0.29) is 11.6 Å². The number of benzene rings is 2. The number of amides is 2. The standard InChI is InChI=1S/C18H22N2O2/c1-17(2)12-18(3,22)20(16(21)19(17)4)15-11-7-9-13-8-5-6-10-14(13)15/h5-11,22H,12H2,1-4H3/t18-/m0/s1. The summed E-state index contributed by atoms with van der Waals surface area (Å²) in [5.74, 6) is 0. The molecular weight excluding hydrogens is 276 g/mol. The van der Waals surface area contributed by atoms with Crippen molar-refractivity contribution in [1.29, 1.82) is 0 Å². The minimum Gasteiger partial charge on any atom is -0.371 e. The summed E-state index contributed by atoms with van der Waals surface area (Å²) in [4.78, 5) is 16.1. The number of nitrogens with zero attached hydrogens (tertiary/aromatic N) is 2. The minimum absolute atomic E-state index is 0.183. The van der Waals surface area contributed by atoms with Gasteiger partial charge in [0.05, 0.1) is 5.69 Å². The fourth-order valence-electron chi connectivity index (χ4n) is 3.40. The summed E-state index contributed by atoms with van der Waals surface area (Å²) in [6, 6.07) is 13.5. The Bertz CT molecular complexity index is 731. The molecule has 2 aromatic rings. The Morgan fingerprint density at radius 2 is 1.68 bits per heavy atom. The van der Waals surface area contributed by atoms with Gasteiger partial charge < -0.3 is 10.0 Å². The van der Waals surface area contributed by atoms with Crippen LogP contribution in [0.5, 0.6) is 0 Å². The molecule has 0 aliphatic carbocycles. The summed E-state index contributed by atoms with van der Waals surface area (Å²) in [5.41, 5.74) is -0.866. The summed E-state index contributed by atoms with van der Waals surface area (Å²) in [7, 11) is 1.79. The molecule has 0 bridgehead atoms. The van der Waals surface area contributed by atoms with Crippen LogP contribution < -0.4 is 4.90 Å². The van der Waals surface area contributed by atoms with Gasteiger partial charge in [-0.15, -0.1) is 0 Å². The lowest BCUT2D eigenvalue weighted by Gasteiger charge is -2.52. The van der Waals surface area contributed by atoms with Crippen molar-refractivity contribution < 1.29 is 9.90 Å². The van der Waals surface area contributed by atoms with Crippen LogP contribution in [0.1, 0.15) is 27.2 Å². The molecule has 1 atom stereocenters. The first-order chi connectivity index (χ1) is 10.2. The normalized spacial score (nSPS) is 24.9. The lowest BCUT2D eigenvalue weighted by molar-refractivity contribution is -0.0180. The molecule has 4 heteroatoms. The summed E-state index contributed by atoms with van der Waals surface area (Å²) in [6.07, 6.45) is 0.478. The topological polar surface area (TPSA) is 43.8 Å². The molecule has 1 fully saturated rings. The van der Waals surface area contributed by atoms with Gasteiger partial charge in [-0.1, -0.05) is 36.4 Å². The van der Waals surface area contributed by atoms with Gasteiger partial charge in [0.25, 0.3) is 0 Å². The zero-order valence-corrected chi connectivity index (χ0v) is 13.5. The molecule has 1 saturated heterocycles. The van der Waals surface area contributed by atoms with Gasteiger partial charge in [0, 0.05) is 24.4 Å². The number of carbonyl (C=O) groups excluding carboxylic acids is 1. The maximum Gasteiger partial charge on any atom is 0.327 e. The molecule has 1 heterocycles. The van der Waals surface area contributed by atoms with Crippen molar-refractivity contribution in [3.63, 3.8) is 0 Å². The van der Waals surface area contributed by atoms with Crippen molar-refractivity contribution >= 4 is 22.5 Å². The molecule has 1 aliphatic heterocycles. The van der Waals surface area contributed by atoms with E-state index < -0.39 is 5.72 Å². The first-order valence-electron chi connectivity index (χ1n) is 7.52. The molecule has 0 unspecified atom stereocenters. The van der Waals surface area contributed by atoms with Crippen molar-refractivity contribution in [2.24, 2.45) is 0 Å². The molecule has 0 saturated carbocycles. The summed E-state index contributed by atoms with van der Waals surface area (Å²) >= 11 is 0. The maximum atomic E-state index is 12.9. The molecule has 116 valence electrons. The smallest absolute Gasteiger partial charge is 0.327 e. The highest BCUT2D eigenvalue weighted by molar-refractivity contribution is 6.04. The second-order valence-corrected chi connectivity index (χ2v) is 6.88. The van der Waals surface area contributed by atoms with Crippen LogP contribution in [0.25, 0.3) is 10.8 Å². The van der Waals surface area contributed by atoms with Crippen molar-refractivity contribution in [3.05, 3.63) is 42.5 Å². The maximum absolute atomic E-state index is 12.9. The van der Waals surface area contributed by atoms with Gasteiger partial charge in [-0.2, -0.15) is 0 Å². The second-order valence-electron chi connectivity index (χ2n) is 6.88. The zero-order chi connectivity index (χ0) is 16.1. The molecule has 1 aliphatic rings. The molecule has 2 amide bonds. The first kappa shape index (κ1) is 14.9. The Morgan fingerprint density at radius 1 is 1.05 bits per heavy atom.